The zero-order chi connectivity index (χ0) is 12.6. The molecule has 0 fully saturated rings. The molecule has 1 unspecified atom stereocenters. The molecule has 5 heteroatoms. The van der Waals surface area contributed by atoms with Gasteiger partial charge in [0, 0.05) is 13.2 Å². The van der Waals surface area contributed by atoms with Gasteiger partial charge in [0.25, 0.3) is 0 Å². The summed E-state index contributed by atoms with van der Waals surface area (Å²) in [6.45, 7) is 3.11. The first-order valence-corrected chi connectivity index (χ1v) is 4.80. The largest absolute Gasteiger partial charge is 0.479 e. The molecule has 0 saturated carbocycles. The first-order valence-electron chi connectivity index (χ1n) is 4.80. The van der Waals surface area contributed by atoms with Gasteiger partial charge in [-0.15, -0.1) is 0 Å². The lowest BCUT2D eigenvalue weighted by molar-refractivity contribution is -0.148. The van der Waals surface area contributed by atoms with Gasteiger partial charge in [-0.1, -0.05) is 18.2 Å². The van der Waals surface area contributed by atoms with E-state index in [2.05, 4.69) is 5.32 Å². The third-order valence-corrected chi connectivity index (χ3v) is 1.86. The summed E-state index contributed by atoms with van der Waals surface area (Å²) in [4.78, 5) is 22.3. The lowest BCUT2D eigenvalue weighted by Crippen LogP contribution is -2.54. The fourth-order valence-corrected chi connectivity index (χ4v) is 1.01. The minimum atomic E-state index is -1.41. The molecule has 0 bridgehead atoms. The van der Waals surface area contributed by atoms with E-state index in [0.29, 0.717) is 0 Å². The molecule has 0 aromatic heterocycles. The number of rotatable bonds is 6. The Hall–Kier alpha value is -1.62. The number of aliphatic carboxylic acids is 1. The molecule has 0 aliphatic carbocycles. The number of ether oxygens (including phenoxy) is 1. The van der Waals surface area contributed by atoms with Crippen molar-refractivity contribution in [2.45, 2.75) is 19.4 Å². The molecule has 2 N–H and O–H groups in total. The van der Waals surface area contributed by atoms with Crippen molar-refractivity contribution in [3.05, 3.63) is 24.3 Å². The predicted molar refractivity (Wildman–Crippen MR) is 60.0 cm³/mol. The van der Waals surface area contributed by atoms with E-state index in [1.807, 2.05) is 6.92 Å². The third-order valence-electron chi connectivity index (χ3n) is 1.86. The van der Waals surface area contributed by atoms with Gasteiger partial charge in [-0.3, -0.25) is 4.79 Å². The van der Waals surface area contributed by atoms with E-state index >= 15 is 0 Å². The van der Waals surface area contributed by atoms with Crippen molar-refractivity contribution in [2.24, 2.45) is 0 Å². The standard InChI is InChI=1S/C11H17NO4/c1-4-5-6-7-9(13)12-11(2,8-16-3)10(14)15/h4-7H,8H2,1-3H3,(H,12,13)(H,14,15)/b5-4?,7-6+. The second-order valence-electron chi connectivity index (χ2n) is 3.44. The minimum absolute atomic E-state index is 0.0917. The monoisotopic (exact) mass is 227 g/mol. The number of nitrogens with one attached hydrogen (secondary N) is 1. The molecule has 0 rings (SSSR count). The van der Waals surface area contributed by atoms with Crippen LogP contribution in [0.5, 0.6) is 0 Å². The molecule has 1 amide bonds. The van der Waals surface area contributed by atoms with E-state index in [4.69, 9.17) is 9.84 Å². The highest BCUT2D eigenvalue weighted by Gasteiger charge is 2.34. The molecule has 0 heterocycles. The fraction of sp³-hybridized carbons (Fsp3) is 0.455. The van der Waals surface area contributed by atoms with Gasteiger partial charge < -0.3 is 15.2 Å². The van der Waals surface area contributed by atoms with Gasteiger partial charge in [-0.25, -0.2) is 4.79 Å². The Labute approximate surface area is 94.8 Å². The van der Waals surface area contributed by atoms with Gasteiger partial charge in [0.2, 0.25) is 5.91 Å². The summed E-state index contributed by atoms with van der Waals surface area (Å²) < 4.78 is 4.76. The van der Waals surface area contributed by atoms with Crippen molar-refractivity contribution in [2.75, 3.05) is 13.7 Å². The number of carboxylic acid groups (broad SMARTS) is 1. The molecule has 0 aliphatic rings. The number of hydrogen-bond donors (Lipinski definition) is 2. The molecule has 0 aromatic rings. The number of allylic oxidation sites excluding steroid dienone is 3. The average molecular weight is 227 g/mol. The molecule has 0 aromatic carbocycles. The SMILES string of the molecule is CC=C/C=C/C(=O)NC(C)(COC)C(=O)O. The predicted octanol–water partition coefficient (Wildman–Crippen LogP) is 0.725. The van der Waals surface area contributed by atoms with Gasteiger partial charge in [0.05, 0.1) is 6.61 Å². The maximum Gasteiger partial charge on any atom is 0.331 e. The van der Waals surface area contributed by atoms with Crippen molar-refractivity contribution in [3.8, 4) is 0 Å². The molecule has 0 saturated heterocycles. The second kappa shape index (κ2) is 6.79. The molecular formula is C11H17NO4. The third kappa shape index (κ3) is 4.75. The summed E-state index contributed by atoms with van der Waals surface area (Å²) in [5, 5.41) is 11.3. The zero-order valence-corrected chi connectivity index (χ0v) is 9.69. The van der Waals surface area contributed by atoms with Gasteiger partial charge in [0.15, 0.2) is 5.54 Å². The summed E-state index contributed by atoms with van der Waals surface area (Å²) in [5.41, 5.74) is -1.41. The van der Waals surface area contributed by atoms with Crippen LogP contribution in [0.2, 0.25) is 0 Å². The summed E-state index contributed by atoms with van der Waals surface area (Å²) in [6, 6.07) is 0. The fourth-order valence-electron chi connectivity index (χ4n) is 1.01. The normalized spacial score (nSPS) is 15.2. The van der Waals surface area contributed by atoms with Crippen LogP contribution in [0.15, 0.2) is 24.3 Å². The number of amides is 1. The van der Waals surface area contributed by atoms with Crippen LogP contribution in [0, 0.1) is 0 Å². The molecule has 0 radical (unpaired) electrons. The lowest BCUT2D eigenvalue weighted by Gasteiger charge is -2.24. The highest BCUT2D eigenvalue weighted by molar-refractivity contribution is 5.93. The van der Waals surface area contributed by atoms with Crippen LogP contribution in [0.25, 0.3) is 0 Å². The summed E-state index contributed by atoms with van der Waals surface area (Å²) in [5.74, 6) is -1.61. The Morgan fingerprint density at radius 2 is 2.06 bits per heavy atom. The molecular weight excluding hydrogens is 210 g/mol. The Morgan fingerprint density at radius 3 is 2.50 bits per heavy atom. The molecule has 5 nitrogen and oxygen atoms in total. The Morgan fingerprint density at radius 1 is 1.44 bits per heavy atom. The van der Waals surface area contributed by atoms with Gasteiger partial charge in [-0.2, -0.15) is 0 Å². The van der Waals surface area contributed by atoms with Crippen molar-refractivity contribution >= 4 is 11.9 Å². The van der Waals surface area contributed by atoms with Crippen LogP contribution in [0.1, 0.15) is 13.8 Å². The highest BCUT2D eigenvalue weighted by atomic mass is 16.5. The first kappa shape index (κ1) is 14.4. The molecule has 90 valence electrons. The van der Waals surface area contributed by atoms with E-state index in [1.54, 1.807) is 12.2 Å². The van der Waals surface area contributed by atoms with Crippen molar-refractivity contribution < 1.29 is 19.4 Å². The van der Waals surface area contributed by atoms with Crippen molar-refractivity contribution in [3.63, 3.8) is 0 Å². The number of carbonyl (C=O) groups is 2. The highest BCUT2D eigenvalue weighted by Crippen LogP contribution is 2.04. The number of carboxylic acids is 1. The second-order valence-corrected chi connectivity index (χ2v) is 3.44. The Kier molecular flexibility index (Phi) is 6.10. The maximum absolute atomic E-state index is 11.4. The maximum atomic E-state index is 11.4. The number of hydrogen-bond acceptors (Lipinski definition) is 3. The Balaban J connectivity index is 4.52. The number of carbonyl (C=O) groups excluding carboxylic acids is 1. The number of methoxy groups -OCH3 is 1. The quantitative estimate of drug-likeness (QED) is 0.518. The summed E-state index contributed by atoms with van der Waals surface area (Å²) in [7, 11) is 1.38. The first-order chi connectivity index (χ1) is 7.46. The van der Waals surface area contributed by atoms with Crippen LogP contribution >= 0.6 is 0 Å². The summed E-state index contributed by atoms with van der Waals surface area (Å²) in [6.07, 6.45) is 6.23. The molecule has 0 aliphatic heterocycles. The van der Waals surface area contributed by atoms with E-state index in [9.17, 15) is 9.59 Å². The topological polar surface area (TPSA) is 75.6 Å². The summed E-state index contributed by atoms with van der Waals surface area (Å²) >= 11 is 0. The molecule has 0 spiro atoms. The van der Waals surface area contributed by atoms with Crippen LogP contribution in [0.4, 0.5) is 0 Å². The molecule has 1 atom stereocenters. The smallest absolute Gasteiger partial charge is 0.331 e. The molecule has 16 heavy (non-hydrogen) atoms. The van der Waals surface area contributed by atoms with Crippen LogP contribution < -0.4 is 5.32 Å². The van der Waals surface area contributed by atoms with Gasteiger partial charge in [-0.05, 0) is 13.8 Å². The van der Waals surface area contributed by atoms with Crippen LogP contribution in [-0.4, -0.2) is 36.2 Å². The van der Waals surface area contributed by atoms with E-state index in [0.717, 1.165) is 0 Å². The minimum Gasteiger partial charge on any atom is -0.479 e. The van der Waals surface area contributed by atoms with Crippen LogP contribution in [-0.2, 0) is 14.3 Å². The van der Waals surface area contributed by atoms with Gasteiger partial charge >= 0.3 is 5.97 Å². The lowest BCUT2D eigenvalue weighted by atomic mass is 10.0. The zero-order valence-electron chi connectivity index (χ0n) is 9.69. The van der Waals surface area contributed by atoms with Crippen LogP contribution in [0.3, 0.4) is 0 Å². The Bertz CT molecular complexity index is 309. The van der Waals surface area contributed by atoms with E-state index in [-0.39, 0.29) is 6.61 Å². The van der Waals surface area contributed by atoms with Crippen molar-refractivity contribution in [1.82, 2.24) is 5.32 Å². The van der Waals surface area contributed by atoms with Gasteiger partial charge in [0.1, 0.15) is 0 Å². The van der Waals surface area contributed by atoms with E-state index < -0.39 is 17.4 Å². The van der Waals surface area contributed by atoms with Crippen molar-refractivity contribution in [1.29, 1.82) is 0 Å². The van der Waals surface area contributed by atoms with E-state index in [1.165, 1.54) is 26.2 Å². The average Bonchev–Trinajstić information content (AvgIpc) is 2.18.